The molecule has 0 aromatic carbocycles. The maximum Gasteiger partial charge on any atom is 0.434 e. The fourth-order valence-corrected chi connectivity index (χ4v) is 4.83. The second-order valence-corrected chi connectivity index (χ2v) is 12.1. The normalized spacial score (nSPS) is 25.3. The van der Waals surface area contributed by atoms with Crippen LogP contribution in [0.25, 0.3) is 11.0 Å². The maximum absolute atomic E-state index is 14.1. The summed E-state index contributed by atoms with van der Waals surface area (Å²) in [5, 5.41) is 28.2. The molecule has 36 heavy (non-hydrogen) atoms. The molecule has 0 aliphatic carbocycles. The van der Waals surface area contributed by atoms with Crippen molar-refractivity contribution in [3.05, 3.63) is 32.7 Å². The Morgan fingerprint density at radius 2 is 1.83 bits per heavy atom. The molecule has 3 heterocycles. The van der Waals surface area contributed by atoms with Gasteiger partial charge in [0.1, 0.15) is 17.9 Å². The first kappa shape index (κ1) is 28.8. The van der Waals surface area contributed by atoms with Gasteiger partial charge in [-0.3, -0.25) is 13.9 Å². The number of aliphatic hydroxyl groups is 3. The molecule has 11 nitrogen and oxygen atoms in total. The first-order valence-electron chi connectivity index (χ1n) is 10.4. The highest BCUT2D eigenvalue weighted by atomic mass is 32.1. The Balaban J connectivity index is 1.96. The van der Waals surface area contributed by atoms with Crippen LogP contribution < -0.4 is 5.43 Å². The average molecular weight is 561 g/mol. The molecule has 1 saturated heterocycles. The summed E-state index contributed by atoms with van der Waals surface area (Å²) >= 11 is 5.04. The van der Waals surface area contributed by atoms with Gasteiger partial charge in [-0.05, 0) is 39.9 Å². The number of nitrogens with zero attached hydrogens (tertiary/aromatic N) is 2. The molecule has 2 aromatic heterocycles. The molecule has 0 bridgehead atoms. The molecule has 1 fully saturated rings. The molecular weight excluding hydrogens is 537 g/mol. The molecule has 0 saturated carbocycles. The van der Waals surface area contributed by atoms with Crippen LogP contribution >= 0.6 is 19.8 Å². The third-order valence-electron chi connectivity index (χ3n) is 5.51. The summed E-state index contributed by atoms with van der Waals surface area (Å²) in [6.45, 7) is 4.89. The van der Waals surface area contributed by atoms with Crippen LogP contribution in [0, 0.1) is 10.6 Å². The molecule has 2 aromatic rings. The van der Waals surface area contributed by atoms with Gasteiger partial charge in [0, 0.05) is 12.6 Å². The average Bonchev–Trinajstić information content (AvgIpc) is 2.95. The molecule has 3 unspecified atom stereocenters. The summed E-state index contributed by atoms with van der Waals surface area (Å²) in [7, 11) is -4.55. The second-order valence-electron chi connectivity index (χ2n) is 9.45. The lowest BCUT2D eigenvalue weighted by Gasteiger charge is -2.34. The number of ether oxygens (including phenoxy) is 1. The molecule has 5 N–H and O–H groups in total. The number of fused-ring (bicyclic) bond motifs is 1. The lowest BCUT2D eigenvalue weighted by atomic mass is 9.97. The van der Waals surface area contributed by atoms with Crippen molar-refractivity contribution in [2.45, 2.75) is 75.8 Å². The topological polar surface area (TPSA) is 167 Å². The van der Waals surface area contributed by atoms with Gasteiger partial charge in [0.25, 0.3) is 0 Å². The van der Waals surface area contributed by atoms with Gasteiger partial charge in [0.15, 0.2) is 23.1 Å². The van der Waals surface area contributed by atoms with Crippen molar-refractivity contribution in [3.8, 4) is 0 Å². The van der Waals surface area contributed by atoms with Crippen LogP contribution in [0.1, 0.15) is 46.0 Å². The number of hydrogen-bond donors (Lipinski definition) is 5. The number of aliphatic hydroxyl groups excluding tert-OH is 2. The van der Waals surface area contributed by atoms with Crippen LogP contribution in [0.15, 0.2) is 11.0 Å². The van der Waals surface area contributed by atoms with Crippen LogP contribution in [0.2, 0.25) is 0 Å². The van der Waals surface area contributed by atoms with Crippen molar-refractivity contribution in [1.29, 1.82) is 0 Å². The fraction of sp³-hybridized carbons (Fsp3) is 0.632. The van der Waals surface area contributed by atoms with Gasteiger partial charge in [-0.25, -0.2) is 9.37 Å². The van der Waals surface area contributed by atoms with Gasteiger partial charge < -0.3 is 34.5 Å². The Morgan fingerprint density at radius 1 is 1.25 bits per heavy atom. The number of nitrogens with one attached hydrogen (secondary N) is 1. The van der Waals surface area contributed by atoms with E-state index in [4.69, 9.17) is 21.5 Å². The fourth-order valence-electron chi connectivity index (χ4n) is 3.61. The molecule has 1 aliphatic heterocycles. The van der Waals surface area contributed by atoms with E-state index in [0.717, 1.165) is 24.6 Å². The zero-order chi connectivity index (χ0) is 27.6. The molecule has 17 heteroatoms. The minimum absolute atomic E-state index is 0.277. The molecule has 3 rings (SSSR count). The van der Waals surface area contributed by atoms with Crippen molar-refractivity contribution >= 4 is 30.8 Å². The van der Waals surface area contributed by atoms with Crippen molar-refractivity contribution in [2.24, 2.45) is 0 Å². The number of H-pyrrole nitrogens is 1. The zero-order valence-corrected chi connectivity index (χ0v) is 21.0. The van der Waals surface area contributed by atoms with Gasteiger partial charge in [-0.15, -0.1) is 0 Å². The maximum atomic E-state index is 14.1. The van der Waals surface area contributed by atoms with Crippen molar-refractivity contribution in [2.75, 3.05) is 0 Å². The van der Waals surface area contributed by atoms with Gasteiger partial charge in [-0.1, -0.05) is 0 Å². The van der Waals surface area contributed by atoms with E-state index in [-0.39, 0.29) is 6.42 Å². The lowest BCUT2D eigenvalue weighted by molar-refractivity contribution is -0.143. The van der Waals surface area contributed by atoms with E-state index in [1.165, 1.54) is 13.8 Å². The first-order valence-corrected chi connectivity index (χ1v) is 12.3. The van der Waals surface area contributed by atoms with E-state index >= 15 is 0 Å². The molecule has 0 radical (unpaired) electrons. The number of alkyl halides is 3. The van der Waals surface area contributed by atoms with Crippen molar-refractivity contribution < 1.29 is 51.6 Å². The summed E-state index contributed by atoms with van der Waals surface area (Å²) in [5.74, 6) is -2.09. The Labute approximate surface area is 205 Å². The zero-order valence-electron chi connectivity index (χ0n) is 19.3. The van der Waals surface area contributed by atoms with E-state index < -0.39 is 82.0 Å². The Morgan fingerprint density at radius 3 is 2.36 bits per heavy atom. The first-order chi connectivity index (χ1) is 16.2. The van der Waals surface area contributed by atoms with Crippen molar-refractivity contribution in [1.82, 2.24) is 14.5 Å². The molecular formula is C19H24F4N3O8PS. The number of rotatable bonds is 6. The summed E-state index contributed by atoms with van der Waals surface area (Å²) in [5.41, 5.74) is -5.68. The van der Waals surface area contributed by atoms with Crippen LogP contribution in [-0.2, 0) is 20.0 Å². The quantitative estimate of drug-likeness (QED) is 0.201. The van der Waals surface area contributed by atoms with Crippen LogP contribution in [0.5, 0.6) is 0 Å². The van der Waals surface area contributed by atoms with Gasteiger partial charge in [-0.2, -0.15) is 13.2 Å². The van der Waals surface area contributed by atoms with E-state index in [0.29, 0.717) is 0 Å². The number of halogens is 4. The standard InChI is InChI=1S/C19H24F4N3O8PS/c1-17(2,34-35(31,32)18(3,4)30)5-8-11(28)12(29)15(33-8)26-6-7-10(27)9(20)13(19(21,22)23)24-14(7)25-16(26)36/h6,8,11-12,15,28-30H,5H2,1-4H3,(H,31,32)(H,24,25,36)/t8-,11?,12?,15-/m1/s1. The minimum Gasteiger partial charge on any atom is -0.388 e. The van der Waals surface area contributed by atoms with E-state index in [1.807, 2.05) is 0 Å². The largest absolute Gasteiger partial charge is 0.434 e. The SMILES string of the molecule is CC(C)(C[C@H]1O[C@@H](n2cc3c(=O)c(F)c(C(F)(F)F)[nH]c3nc2=S)C(O)C1O)OP(=O)(O)C(C)(C)O. The highest BCUT2D eigenvalue weighted by Crippen LogP contribution is 2.57. The molecule has 1 aliphatic rings. The molecule has 0 spiro atoms. The van der Waals surface area contributed by atoms with Gasteiger partial charge in [0.05, 0.1) is 17.1 Å². The predicted molar refractivity (Wildman–Crippen MR) is 118 cm³/mol. The predicted octanol–water partition coefficient (Wildman–Crippen LogP) is 2.33. The highest BCUT2D eigenvalue weighted by molar-refractivity contribution is 7.71. The van der Waals surface area contributed by atoms with Crippen LogP contribution in [0.3, 0.4) is 0 Å². The summed E-state index contributed by atoms with van der Waals surface area (Å²) in [6, 6.07) is 0. The van der Waals surface area contributed by atoms with Crippen LogP contribution in [-0.4, -0.2) is 64.0 Å². The number of pyridine rings is 1. The number of aromatic nitrogens is 3. The molecule has 5 atom stereocenters. The summed E-state index contributed by atoms with van der Waals surface area (Å²) < 4.78 is 76.8. The second kappa shape index (κ2) is 9.20. The number of aromatic amines is 1. The van der Waals surface area contributed by atoms with Crippen molar-refractivity contribution in [3.63, 3.8) is 0 Å². The summed E-state index contributed by atoms with van der Waals surface area (Å²) in [6.07, 6.45) is -10.7. The van der Waals surface area contributed by atoms with Gasteiger partial charge >= 0.3 is 13.8 Å². The number of hydrogen-bond acceptors (Lipinski definition) is 9. The van der Waals surface area contributed by atoms with E-state index in [9.17, 15) is 47.1 Å². The smallest absolute Gasteiger partial charge is 0.388 e. The third kappa shape index (κ3) is 5.41. The summed E-state index contributed by atoms with van der Waals surface area (Å²) in [4.78, 5) is 27.7. The lowest BCUT2D eigenvalue weighted by Crippen LogP contribution is -2.38. The van der Waals surface area contributed by atoms with E-state index in [2.05, 4.69) is 4.98 Å². The van der Waals surface area contributed by atoms with E-state index in [1.54, 1.807) is 4.98 Å². The Hall–Kier alpha value is -1.78. The Kier molecular flexibility index (Phi) is 7.36. The minimum atomic E-state index is -5.20. The molecule has 0 amide bonds. The van der Waals surface area contributed by atoms with Gasteiger partial charge in [0.2, 0.25) is 10.2 Å². The third-order valence-corrected chi connectivity index (χ3v) is 7.94. The van der Waals surface area contributed by atoms with Crippen LogP contribution in [0.4, 0.5) is 17.6 Å². The Bertz CT molecular complexity index is 1340. The molecule has 202 valence electrons. The monoisotopic (exact) mass is 561 g/mol. The highest BCUT2D eigenvalue weighted by Gasteiger charge is 2.49.